The number of benzene rings is 2. The summed E-state index contributed by atoms with van der Waals surface area (Å²) < 4.78 is 19.7. The number of nitrogens with zero attached hydrogens (tertiary/aromatic N) is 4. The van der Waals surface area contributed by atoms with Crippen LogP contribution in [0.1, 0.15) is 30.7 Å². The van der Waals surface area contributed by atoms with Crippen molar-refractivity contribution in [3.63, 3.8) is 0 Å². The predicted octanol–water partition coefficient (Wildman–Crippen LogP) is 5.72. The molecule has 0 bridgehead atoms. The minimum absolute atomic E-state index is 0.215. The summed E-state index contributed by atoms with van der Waals surface area (Å²) in [4.78, 5) is 17.8. The average Bonchev–Trinajstić information content (AvgIpc) is 3.60. The van der Waals surface area contributed by atoms with Crippen molar-refractivity contribution >= 4 is 35.0 Å². The van der Waals surface area contributed by atoms with Gasteiger partial charge in [-0.25, -0.2) is 14.4 Å². The Bertz CT molecular complexity index is 1340. The van der Waals surface area contributed by atoms with Gasteiger partial charge in [0.15, 0.2) is 5.82 Å². The molecule has 0 aliphatic carbocycles. The first-order valence-electron chi connectivity index (χ1n) is 10.5. The van der Waals surface area contributed by atoms with E-state index in [0.29, 0.717) is 33.7 Å². The Labute approximate surface area is 204 Å². The van der Waals surface area contributed by atoms with Gasteiger partial charge >= 0.3 is 0 Å². The van der Waals surface area contributed by atoms with Gasteiger partial charge in [-0.15, -0.1) is 5.10 Å². The normalized spacial score (nSPS) is 16.5. The molecule has 0 spiro atoms. The number of nitrogens with one attached hydrogen (secondary N) is 1. The van der Waals surface area contributed by atoms with Crippen molar-refractivity contribution in [2.24, 2.45) is 5.10 Å². The third kappa shape index (κ3) is 4.49. The first-order chi connectivity index (χ1) is 16.5. The second-order valence-electron chi connectivity index (χ2n) is 7.68. The van der Waals surface area contributed by atoms with Crippen molar-refractivity contribution in [3.05, 3.63) is 89.1 Å². The Morgan fingerprint density at radius 3 is 2.74 bits per heavy atom. The van der Waals surface area contributed by atoms with E-state index in [-0.39, 0.29) is 11.9 Å². The standard InChI is InChI=1S/C24H19ClFN5O2S/c1-14(34-24-27-22(28-29-24)17-5-2-3-6-18(17)26)23(32)31-20(21-7-4-12-33-21)13-19(30-31)15-8-10-16(25)11-9-15/h2-12,14,20H,13H2,1H3,(H,27,28,29). The van der Waals surface area contributed by atoms with E-state index < -0.39 is 11.1 Å². The number of hydrogen-bond donors (Lipinski definition) is 1. The largest absolute Gasteiger partial charge is 0.467 e. The number of halogens is 2. The van der Waals surface area contributed by atoms with Gasteiger partial charge in [-0.3, -0.25) is 9.89 Å². The smallest absolute Gasteiger partial charge is 0.256 e. The second kappa shape index (κ2) is 9.44. The zero-order valence-electron chi connectivity index (χ0n) is 18.0. The van der Waals surface area contributed by atoms with Crippen LogP contribution in [0.15, 0.2) is 81.6 Å². The Balaban J connectivity index is 1.37. The predicted molar refractivity (Wildman–Crippen MR) is 128 cm³/mol. The number of carbonyl (C=O) groups excluding carboxylic acids is 1. The van der Waals surface area contributed by atoms with Gasteiger partial charge in [0, 0.05) is 11.4 Å². The molecule has 2 aromatic carbocycles. The first-order valence-corrected chi connectivity index (χ1v) is 11.8. The maximum absolute atomic E-state index is 14.1. The SMILES string of the molecule is CC(Sc1n[nH]c(-c2ccccc2F)n1)C(=O)N1N=C(c2ccc(Cl)cc2)CC1c1ccco1. The molecule has 1 N–H and O–H groups in total. The number of rotatable bonds is 6. The molecule has 2 unspecified atom stereocenters. The Kier molecular flexibility index (Phi) is 6.21. The van der Waals surface area contributed by atoms with E-state index in [4.69, 9.17) is 16.0 Å². The summed E-state index contributed by atoms with van der Waals surface area (Å²) >= 11 is 7.19. The highest BCUT2D eigenvalue weighted by atomic mass is 35.5. The van der Waals surface area contributed by atoms with E-state index in [1.807, 2.05) is 18.2 Å². The van der Waals surface area contributed by atoms with Crippen LogP contribution in [0.5, 0.6) is 0 Å². The van der Waals surface area contributed by atoms with Crippen LogP contribution in [0.4, 0.5) is 4.39 Å². The third-order valence-corrected chi connectivity index (χ3v) is 6.61. The molecule has 10 heteroatoms. The molecule has 5 rings (SSSR count). The van der Waals surface area contributed by atoms with Crippen LogP contribution >= 0.6 is 23.4 Å². The van der Waals surface area contributed by atoms with E-state index in [1.54, 1.807) is 49.6 Å². The number of hydrogen-bond acceptors (Lipinski definition) is 6. The zero-order chi connectivity index (χ0) is 23.7. The summed E-state index contributed by atoms with van der Waals surface area (Å²) in [6.07, 6.45) is 2.09. The van der Waals surface area contributed by atoms with Crippen molar-refractivity contribution in [2.75, 3.05) is 0 Å². The lowest BCUT2D eigenvalue weighted by atomic mass is 10.0. The lowest BCUT2D eigenvalue weighted by molar-refractivity contribution is -0.132. The summed E-state index contributed by atoms with van der Waals surface area (Å²) in [6.45, 7) is 1.77. The number of hydrazone groups is 1. The van der Waals surface area contributed by atoms with Gasteiger partial charge in [0.05, 0.1) is 22.8 Å². The summed E-state index contributed by atoms with van der Waals surface area (Å²) in [5.74, 6) is 0.338. The van der Waals surface area contributed by atoms with E-state index in [1.165, 1.54) is 22.8 Å². The van der Waals surface area contributed by atoms with Crippen LogP contribution in [0.3, 0.4) is 0 Å². The molecule has 2 aromatic heterocycles. The number of thioether (sulfide) groups is 1. The van der Waals surface area contributed by atoms with Crippen molar-refractivity contribution in [1.82, 2.24) is 20.2 Å². The number of carbonyl (C=O) groups is 1. The van der Waals surface area contributed by atoms with Gasteiger partial charge in [-0.05, 0) is 48.9 Å². The third-order valence-electron chi connectivity index (χ3n) is 5.41. The van der Waals surface area contributed by atoms with Crippen molar-refractivity contribution in [3.8, 4) is 11.4 Å². The summed E-state index contributed by atoms with van der Waals surface area (Å²) in [5, 5.41) is 13.4. The Morgan fingerprint density at radius 1 is 1.21 bits per heavy atom. The van der Waals surface area contributed by atoms with Gasteiger partial charge in [0.1, 0.15) is 17.6 Å². The molecule has 0 saturated heterocycles. The van der Waals surface area contributed by atoms with Gasteiger partial charge in [0.25, 0.3) is 5.91 Å². The van der Waals surface area contributed by atoms with E-state index >= 15 is 0 Å². The molecule has 0 radical (unpaired) electrons. The van der Waals surface area contributed by atoms with Gasteiger partial charge in [0.2, 0.25) is 5.16 Å². The number of aromatic amines is 1. The van der Waals surface area contributed by atoms with Crippen LogP contribution in [0.2, 0.25) is 5.02 Å². The fraction of sp³-hybridized carbons (Fsp3) is 0.167. The van der Waals surface area contributed by atoms with Crippen LogP contribution in [0.25, 0.3) is 11.4 Å². The maximum Gasteiger partial charge on any atom is 0.256 e. The summed E-state index contributed by atoms with van der Waals surface area (Å²) in [6, 6.07) is 16.9. The van der Waals surface area contributed by atoms with E-state index in [0.717, 1.165) is 11.3 Å². The lowest BCUT2D eigenvalue weighted by Crippen LogP contribution is -2.33. The van der Waals surface area contributed by atoms with E-state index in [9.17, 15) is 9.18 Å². The summed E-state index contributed by atoms with van der Waals surface area (Å²) in [5.41, 5.74) is 1.97. The number of H-pyrrole nitrogens is 1. The molecule has 2 atom stereocenters. The molecule has 4 aromatic rings. The van der Waals surface area contributed by atoms with Crippen molar-refractivity contribution < 1.29 is 13.6 Å². The van der Waals surface area contributed by atoms with Crippen LogP contribution in [0, 0.1) is 5.82 Å². The quantitative estimate of drug-likeness (QED) is 0.346. The molecule has 1 aliphatic rings. The van der Waals surface area contributed by atoms with Crippen LogP contribution in [-0.4, -0.2) is 37.1 Å². The highest BCUT2D eigenvalue weighted by Crippen LogP contribution is 2.35. The minimum Gasteiger partial charge on any atom is -0.467 e. The molecule has 0 fully saturated rings. The number of aromatic nitrogens is 3. The van der Waals surface area contributed by atoms with E-state index in [2.05, 4.69) is 20.3 Å². The highest BCUT2D eigenvalue weighted by molar-refractivity contribution is 8.00. The van der Waals surface area contributed by atoms with Gasteiger partial charge in [-0.2, -0.15) is 5.10 Å². The monoisotopic (exact) mass is 495 g/mol. The lowest BCUT2D eigenvalue weighted by Gasteiger charge is -2.22. The number of furan rings is 1. The van der Waals surface area contributed by atoms with Gasteiger partial charge < -0.3 is 4.42 Å². The van der Waals surface area contributed by atoms with Crippen LogP contribution in [-0.2, 0) is 4.79 Å². The van der Waals surface area contributed by atoms with Gasteiger partial charge in [-0.1, -0.05) is 47.6 Å². The molecule has 172 valence electrons. The zero-order valence-corrected chi connectivity index (χ0v) is 19.6. The molecular weight excluding hydrogens is 477 g/mol. The molecule has 7 nitrogen and oxygen atoms in total. The molecular formula is C24H19ClFN5O2S. The Hall–Kier alpha value is -3.43. The van der Waals surface area contributed by atoms with Crippen LogP contribution < -0.4 is 0 Å². The molecule has 3 heterocycles. The molecule has 1 aliphatic heterocycles. The highest BCUT2D eigenvalue weighted by Gasteiger charge is 2.37. The number of amides is 1. The topological polar surface area (TPSA) is 87.4 Å². The average molecular weight is 496 g/mol. The molecule has 0 saturated carbocycles. The van der Waals surface area contributed by atoms with Crippen molar-refractivity contribution in [2.45, 2.75) is 29.8 Å². The Morgan fingerprint density at radius 2 is 2.00 bits per heavy atom. The fourth-order valence-electron chi connectivity index (χ4n) is 3.70. The summed E-state index contributed by atoms with van der Waals surface area (Å²) in [7, 11) is 0. The molecule has 1 amide bonds. The van der Waals surface area contributed by atoms with Crippen molar-refractivity contribution in [1.29, 1.82) is 0 Å². The second-order valence-corrected chi connectivity index (χ2v) is 9.42. The fourth-order valence-corrected chi connectivity index (χ4v) is 4.59. The minimum atomic E-state index is -0.546. The first kappa shape index (κ1) is 22.4. The molecule has 34 heavy (non-hydrogen) atoms. The maximum atomic E-state index is 14.1.